The van der Waals surface area contributed by atoms with E-state index in [2.05, 4.69) is 27.3 Å². The van der Waals surface area contributed by atoms with Crippen molar-refractivity contribution in [2.45, 2.75) is 46.1 Å². The minimum absolute atomic E-state index is 0.173. The zero-order valence-electron chi connectivity index (χ0n) is 12.1. The van der Waals surface area contributed by atoms with Crippen molar-refractivity contribution in [2.24, 2.45) is 0 Å². The first kappa shape index (κ1) is 14.6. The van der Waals surface area contributed by atoms with E-state index in [4.69, 9.17) is 12.2 Å². The van der Waals surface area contributed by atoms with E-state index in [1.54, 1.807) is 6.07 Å². The highest BCUT2D eigenvalue weighted by molar-refractivity contribution is 7.71. The highest BCUT2D eigenvalue weighted by Gasteiger charge is 2.17. The molecule has 2 aromatic heterocycles. The zero-order chi connectivity index (χ0) is 14.9. The summed E-state index contributed by atoms with van der Waals surface area (Å²) in [6.45, 7) is 8.17. The molecule has 0 aliphatic rings. The number of H-pyrrole nitrogens is 2. The third kappa shape index (κ3) is 2.58. The van der Waals surface area contributed by atoms with Crippen molar-refractivity contribution in [2.75, 3.05) is 0 Å². The van der Waals surface area contributed by atoms with E-state index in [0.29, 0.717) is 16.2 Å². The molecule has 0 spiro atoms. The van der Waals surface area contributed by atoms with Crippen LogP contribution in [-0.4, -0.2) is 25.0 Å². The van der Waals surface area contributed by atoms with Gasteiger partial charge in [0, 0.05) is 6.04 Å². The van der Waals surface area contributed by atoms with Crippen molar-refractivity contribution in [1.29, 1.82) is 0 Å². The summed E-state index contributed by atoms with van der Waals surface area (Å²) in [5, 5.41) is 13.6. The summed E-state index contributed by atoms with van der Waals surface area (Å²) >= 11 is 5.26. The van der Waals surface area contributed by atoms with Crippen LogP contribution in [0.15, 0.2) is 10.9 Å². The van der Waals surface area contributed by atoms with E-state index in [0.717, 1.165) is 12.1 Å². The maximum absolute atomic E-state index is 12.0. The van der Waals surface area contributed by atoms with Crippen LogP contribution in [0.25, 0.3) is 11.4 Å². The van der Waals surface area contributed by atoms with E-state index in [1.165, 1.54) is 0 Å². The third-order valence-electron chi connectivity index (χ3n) is 3.39. The molecule has 0 aliphatic carbocycles. The van der Waals surface area contributed by atoms with Crippen molar-refractivity contribution in [3.63, 3.8) is 0 Å². The van der Waals surface area contributed by atoms with E-state index in [-0.39, 0.29) is 17.5 Å². The molecule has 6 nitrogen and oxygen atoms in total. The monoisotopic (exact) mass is 293 g/mol. The Labute approximate surface area is 122 Å². The first-order valence-corrected chi connectivity index (χ1v) is 7.13. The van der Waals surface area contributed by atoms with Gasteiger partial charge in [-0.05, 0) is 37.5 Å². The smallest absolute Gasteiger partial charge is 0.275 e. The molecule has 0 saturated carbocycles. The molecule has 1 unspecified atom stereocenters. The first-order valence-electron chi connectivity index (χ1n) is 6.72. The molecule has 2 rings (SSSR count). The van der Waals surface area contributed by atoms with Crippen molar-refractivity contribution in [3.05, 3.63) is 26.9 Å². The normalized spacial score (nSPS) is 12.8. The van der Waals surface area contributed by atoms with Crippen LogP contribution in [0.2, 0.25) is 0 Å². The van der Waals surface area contributed by atoms with Gasteiger partial charge in [-0.3, -0.25) is 14.5 Å². The highest BCUT2D eigenvalue weighted by Crippen LogP contribution is 2.21. The van der Waals surface area contributed by atoms with Crippen molar-refractivity contribution < 1.29 is 0 Å². The lowest BCUT2D eigenvalue weighted by molar-refractivity contribution is 0.528. The van der Waals surface area contributed by atoms with Gasteiger partial charge >= 0.3 is 0 Å². The van der Waals surface area contributed by atoms with Crippen molar-refractivity contribution in [1.82, 2.24) is 25.0 Å². The fourth-order valence-corrected chi connectivity index (χ4v) is 2.28. The molecule has 1 atom stereocenters. The Bertz CT molecular complexity index is 712. The van der Waals surface area contributed by atoms with Gasteiger partial charge in [0.2, 0.25) is 0 Å². The number of aromatic nitrogens is 5. The Hall–Kier alpha value is -1.76. The second-order valence-corrected chi connectivity index (χ2v) is 5.56. The van der Waals surface area contributed by atoms with Gasteiger partial charge in [0.1, 0.15) is 0 Å². The topological polar surface area (TPSA) is 79.4 Å². The van der Waals surface area contributed by atoms with E-state index in [9.17, 15) is 4.79 Å². The van der Waals surface area contributed by atoms with Gasteiger partial charge in [-0.25, -0.2) is 5.10 Å². The maximum Gasteiger partial charge on any atom is 0.275 e. The van der Waals surface area contributed by atoms with Crippen molar-refractivity contribution in [3.8, 4) is 11.4 Å². The van der Waals surface area contributed by atoms with E-state index < -0.39 is 0 Å². The fraction of sp³-hybridized carbons (Fsp3) is 0.538. The Morgan fingerprint density at radius 2 is 2.00 bits per heavy atom. The Kier molecular flexibility index (Phi) is 4.17. The van der Waals surface area contributed by atoms with Crippen LogP contribution >= 0.6 is 12.2 Å². The molecule has 2 N–H and O–H groups in total. The molecule has 0 fully saturated rings. The number of hydrogen-bond acceptors (Lipinski definition) is 4. The van der Waals surface area contributed by atoms with Crippen LogP contribution < -0.4 is 5.56 Å². The van der Waals surface area contributed by atoms with Gasteiger partial charge in [0.15, 0.2) is 10.6 Å². The van der Waals surface area contributed by atoms with Crippen molar-refractivity contribution >= 4 is 12.2 Å². The molecule has 7 heteroatoms. The molecular formula is C13H19N5OS. The predicted octanol–water partition coefficient (Wildman–Crippen LogP) is 2.79. The van der Waals surface area contributed by atoms with E-state index in [1.807, 2.05) is 25.3 Å². The van der Waals surface area contributed by atoms with Crippen LogP contribution in [0, 0.1) is 4.77 Å². The molecule has 0 aliphatic heterocycles. The number of aromatic amines is 2. The zero-order valence-corrected chi connectivity index (χ0v) is 12.9. The molecule has 0 radical (unpaired) electrons. The molecule has 0 amide bonds. The van der Waals surface area contributed by atoms with Gasteiger partial charge in [-0.1, -0.05) is 20.8 Å². The third-order valence-corrected chi connectivity index (χ3v) is 3.68. The summed E-state index contributed by atoms with van der Waals surface area (Å²) in [5.74, 6) is 0.791. The molecule has 0 bridgehead atoms. The lowest BCUT2D eigenvalue weighted by atomic mass is 10.1. The summed E-state index contributed by atoms with van der Waals surface area (Å²) in [4.78, 5) is 12.0. The summed E-state index contributed by atoms with van der Waals surface area (Å²) in [6, 6.07) is 1.96. The number of nitrogens with zero attached hydrogens (tertiary/aromatic N) is 3. The number of hydrogen-bond donors (Lipinski definition) is 2. The van der Waals surface area contributed by atoms with Crippen LogP contribution in [-0.2, 0) is 0 Å². The quantitative estimate of drug-likeness (QED) is 0.850. The standard InChI is InChI=1S/C13H19N5OS/c1-5-8(4)18-11(15-17-13(18)20)9-6-10(7(2)3)14-16-12(9)19/h6-8H,5H2,1-4H3,(H,16,19)(H,17,20). The lowest BCUT2D eigenvalue weighted by Crippen LogP contribution is -2.16. The van der Waals surface area contributed by atoms with E-state index >= 15 is 0 Å². The Morgan fingerprint density at radius 3 is 2.60 bits per heavy atom. The summed E-state index contributed by atoms with van der Waals surface area (Å²) in [6.07, 6.45) is 0.904. The van der Waals surface area contributed by atoms with Crippen LogP contribution in [0.5, 0.6) is 0 Å². The fourth-order valence-electron chi connectivity index (χ4n) is 1.97. The summed E-state index contributed by atoms with van der Waals surface area (Å²) in [5.41, 5.74) is 1.06. The number of rotatable bonds is 4. The Morgan fingerprint density at radius 1 is 1.30 bits per heavy atom. The number of nitrogens with one attached hydrogen (secondary N) is 2. The largest absolute Gasteiger partial charge is 0.297 e. The first-order chi connectivity index (χ1) is 9.45. The van der Waals surface area contributed by atoms with Gasteiger partial charge in [-0.15, -0.1) is 0 Å². The molecule has 108 valence electrons. The summed E-state index contributed by atoms with van der Waals surface area (Å²) in [7, 11) is 0. The van der Waals surface area contributed by atoms with Gasteiger partial charge in [0.25, 0.3) is 5.56 Å². The predicted molar refractivity (Wildman–Crippen MR) is 80.4 cm³/mol. The van der Waals surface area contributed by atoms with Crippen LogP contribution in [0.1, 0.15) is 51.8 Å². The highest BCUT2D eigenvalue weighted by atomic mass is 32.1. The molecule has 2 heterocycles. The second-order valence-electron chi connectivity index (χ2n) is 5.17. The SMILES string of the molecule is CCC(C)n1c(-c2cc(C(C)C)n[nH]c2=O)n[nH]c1=S. The molecule has 20 heavy (non-hydrogen) atoms. The Balaban J connectivity index is 2.66. The minimum Gasteiger partial charge on any atom is -0.297 e. The lowest BCUT2D eigenvalue weighted by Gasteiger charge is -2.13. The molecule has 0 saturated heterocycles. The van der Waals surface area contributed by atoms with Crippen LogP contribution in [0.3, 0.4) is 0 Å². The molecule has 2 aromatic rings. The molecular weight excluding hydrogens is 274 g/mol. The van der Waals surface area contributed by atoms with Crippen LogP contribution in [0.4, 0.5) is 0 Å². The van der Waals surface area contributed by atoms with Gasteiger partial charge in [-0.2, -0.15) is 10.2 Å². The maximum atomic E-state index is 12.0. The van der Waals surface area contributed by atoms with Gasteiger partial charge < -0.3 is 0 Å². The summed E-state index contributed by atoms with van der Waals surface area (Å²) < 4.78 is 2.40. The minimum atomic E-state index is -0.257. The molecule has 0 aromatic carbocycles. The van der Waals surface area contributed by atoms with Gasteiger partial charge in [0.05, 0.1) is 11.3 Å². The average molecular weight is 293 g/mol. The average Bonchev–Trinajstić information content (AvgIpc) is 2.80. The second kappa shape index (κ2) is 5.70.